The number of carbonyl (C=O) groups excluding carboxylic acids is 1. The Hall–Kier alpha value is -1.14. The molecule has 8 atom stereocenters. The van der Waals surface area contributed by atoms with Crippen LogP contribution >= 0.6 is 0 Å². The van der Waals surface area contributed by atoms with Gasteiger partial charge >= 0.3 is 18.1 Å². The molecule has 7 heteroatoms. The lowest BCUT2D eigenvalue weighted by atomic mass is 9.47. The summed E-state index contributed by atoms with van der Waals surface area (Å²) in [6.07, 6.45) is 6.33. The molecule has 3 saturated carbocycles. The molecule has 0 radical (unpaired) electrons. The summed E-state index contributed by atoms with van der Waals surface area (Å²) >= 11 is 0. The Morgan fingerprint density at radius 2 is 1.70 bits per heavy atom. The van der Waals surface area contributed by atoms with Crippen LogP contribution < -0.4 is 0 Å². The largest absolute Gasteiger partial charge is 0.465 e. The average molecular weight is 533 g/mol. The molecular weight excluding hydrogens is 487 g/mol. The highest BCUT2D eigenvalue weighted by molar-refractivity contribution is 5.78. The van der Waals surface area contributed by atoms with Crippen LogP contribution in [0.1, 0.15) is 105 Å². The van der Waals surface area contributed by atoms with Crippen LogP contribution in [0.15, 0.2) is 11.6 Å². The number of carbonyl (C=O) groups is 1. The molecule has 37 heavy (non-hydrogen) atoms. The third kappa shape index (κ3) is 5.11. The number of rotatable bonds is 7. The van der Waals surface area contributed by atoms with Gasteiger partial charge in [-0.1, -0.05) is 65.5 Å². The van der Waals surface area contributed by atoms with E-state index in [4.69, 9.17) is 4.74 Å². The Morgan fingerprint density at radius 3 is 2.35 bits per heavy atom. The summed E-state index contributed by atoms with van der Waals surface area (Å²) < 4.78 is 69.4. The first-order valence-electron chi connectivity index (χ1n) is 14.5. The van der Waals surface area contributed by atoms with E-state index in [9.17, 15) is 26.7 Å². The summed E-state index contributed by atoms with van der Waals surface area (Å²) in [4.78, 5) is 11.7. The SMILES string of the molecule is CC(C)CCC[C@@H](C)[C@H]1CC[C@H]2[C@@H]3CC=C4C[C@@H](OC(=O)C(F)(F)C(F)(F)F)CC[C@]4(C)[C@H]3CC[C@]12C. The van der Waals surface area contributed by atoms with Gasteiger partial charge in [-0.05, 0) is 91.3 Å². The van der Waals surface area contributed by atoms with Crippen molar-refractivity contribution < 1.29 is 31.5 Å². The molecule has 0 bridgehead atoms. The minimum atomic E-state index is -5.94. The van der Waals surface area contributed by atoms with E-state index in [1.165, 1.54) is 38.5 Å². The lowest BCUT2D eigenvalue weighted by Crippen LogP contribution is -2.51. The molecular formula is C30H45F5O2. The van der Waals surface area contributed by atoms with Crippen molar-refractivity contribution in [2.45, 2.75) is 123 Å². The third-order valence-electron chi connectivity index (χ3n) is 11.1. The van der Waals surface area contributed by atoms with Crippen LogP contribution in [0.2, 0.25) is 0 Å². The summed E-state index contributed by atoms with van der Waals surface area (Å²) in [5, 5.41) is 0. The van der Waals surface area contributed by atoms with Gasteiger partial charge in [0.2, 0.25) is 0 Å². The molecule has 2 nitrogen and oxygen atoms in total. The molecule has 3 fully saturated rings. The van der Waals surface area contributed by atoms with Crippen LogP contribution in [0.5, 0.6) is 0 Å². The molecule has 0 aromatic heterocycles. The van der Waals surface area contributed by atoms with Crippen molar-refractivity contribution in [1.82, 2.24) is 0 Å². The minimum absolute atomic E-state index is 0.0966. The molecule has 4 rings (SSSR count). The molecule has 0 unspecified atom stereocenters. The Morgan fingerprint density at radius 1 is 1.00 bits per heavy atom. The van der Waals surface area contributed by atoms with Gasteiger partial charge in [0.1, 0.15) is 6.10 Å². The van der Waals surface area contributed by atoms with Crippen molar-refractivity contribution in [1.29, 1.82) is 0 Å². The van der Waals surface area contributed by atoms with Gasteiger partial charge in [-0.3, -0.25) is 0 Å². The number of hydrogen-bond acceptors (Lipinski definition) is 2. The van der Waals surface area contributed by atoms with Crippen molar-refractivity contribution in [3.05, 3.63) is 11.6 Å². The van der Waals surface area contributed by atoms with E-state index in [1.54, 1.807) is 0 Å². The molecule has 0 aliphatic heterocycles. The Labute approximate surface area is 219 Å². The van der Waals surface area contributed by atoms with E-state index in [0.717, 1.165) is 36.2 Å². The van der Waals surface area contributed by atoms with Gasteiger partial charge in [0, 0.05) is 6.42 Å². The summed E-state index contributed by atoms with van der Waals surface area (Å²) in [6, 6.07) is 0. The number of esters is 1. The fraction of sp³-hybridized carbons (Fsp3) is 0.900. The molecule has 0 spiro atoms. The highest BCUT2D eigenvalue weighted by Crippen LogP contribution is 2.67. The maximum Gasteiger partial charge on any atom is 0.465 e. The van der Waals surface area contributed by atoms with E-state index < -0.39 is 24.2 Å². The van der Waals surface area contributed by atoms with Crippen molar-refractivity contribution in [3.63, 3.8) is 0 Å². The Balaban J connectivity index is 1.44. The molecule has 0 N–H and O–H groups in total. The molecule has 0 amide bonds. The lowest BCUT2D eigenvalue weighted by molar-refractivity contribution is -0.282. The zero-order valence-electron chi connectivity index (χ0n) is 23.1. The fourth-order valence-corrected chi connectivity index (χ4v) is 9.09. The first-order valence-corrected chi connectivity index (χ1v) is 14.5. The number of halogens is 5. The van der Waals surface area contributed by atoms with Crippen molar-refractivity contribution in [2.75, 3.05) is 0 Å². The maximum atomic E-state index is 13.4. The minimum Gasteiger partial charge on any atom is -0.457 e. The van der Waals surface area contributed by atoms with Gasteiger partial charge in [-0.25, -0.2) is 4.79 Å². The van der Waals surface area contributed by atoms with Crippen LogP contribution in [0.3, 0.4) is 0 Å². The second-order valence-electron chi connectivity index (χ2n) is 13.6. The molecule has 0 aromatic rings. The van der Waals surface area contributed by atoms with Crippen molar-refractivity contribution >= 4 is 5.97 Å². The predicted octanol–water partition coefficient (Wildman–Crippen LogP) is 9.14. The average Bonchev–Trinajstić information content (AvgIpc) is 3.15. The van der Waals surface area contributed by atoms with Gasteiger partial charge < -0.3 is 4.74 Å². The van der Waals surface area contributed by atoms with Crippen molar-refractivity contribution in [3.8, 4) is 0 Å². The van der Waals surface area contributed by atoms with E-state index in [-0.39, 0.29) is 11.8 Å². The summed E-state index contributed by atoms with van der Waals surface area (Å²) in [6.45, 7) is 11.8. The number of fused-ring (bicyclic) bond motifs is 5. The third-order valence-corrected chi connectivity index (χ3v) is 11.1. The molecule has 0 saturated heterocycles. The zero-order chi connectivity index (χ0) is 27.4. The van der Waals surface area contributed by atoms with E-state index in [0.29, 0.717) is 36.0 Å². The monoisotopic (exact) mass is 532 g/mol. The number of alkyl halides is 5. The van der Waals surface area contributed by atoms with Crippen LogP contribution in [-0.4, -0.2) is 24.2 Å². The standard InChI is InChI=1S/C30H45F5O2/c1-18(2)7-6-8-19(3)23-11-12-24-22-10-9-20-17-21(37-26(36)29(31,32)30(33,34)35)13-15-27(20,4)25(22)14-16-28(23,24)5/h9,18-19,21-25H,6-8,10-17H2,1-5H3/t19-,21+,22+,23-,24+,25+,27+,28-/m1/s1. The first kappa shape index (κ1) is 28.9. The van der Waals surface area contributed by atoms with E-state index in [1.807, 2.05) is 0 Å². The van der Waals surface area contributed by atoms with Crippen LogP contribution in [0.4, 0.5) is 22.0 Å². The topological polar surface area (TPSA) is 26.3 Å². The van der Waals surface area contributed by atoms with Gasteiger partial charge in [-0.15, -0.1) is 0 Å². The van der Waals surface area contributed by atoms with Gasteiger partial charge in [0.15, 0.2) is 0 Å². The van der Waals surface area contributed by atoms with Crippen LogP contribution in [-0.2, 0) is 9.53 Å². The smallest absolute Gasteiger partial charge is 0.457 e. The van der Waals surface area contributed by atoms with Crippen LogP contribution in [0, 0.1) is 46.3 Å². The number of hydrogen-bond donors (Lipinski definition) is 0. The van der Waals surface area contributed by atoms with Crippen LogP contribution in [0.25, 0.3) is 0 Å². The van der Waals surface area contributed by atoms with Crippen molar-refractivity contribution in [2.24, 2.45) is 46.3 Å². The van der Waals surface area contributed by atoms with Gasteiger partial charge in [0.05, 0.1) is 0 Å². The first-order chi connectivity index (χ1) is 17.1. The Kier molecular flexibility index (Phi) is 7.89. The molecule has 212 valence electrons. The second kappa shape index (κ2) is 10.1. The van der Waals surface area contributed by atoms with Gasteiger partial charge in [0.25, 0.3) is 0 Å². The number of allylic oxidation sites excluding steroid dienone is 1. The second-order valence-corrected chi connectivity index (χ2v) is 13.6. The summed E-state index contributed by atoms with van der Waals surface area (Å²) in [5.74, 6) is -3.94. The molecule has 0 aromatic carbocycles. The molecule has 4 aliphatic rings. The molecule has 4 aliphatic carbocycles. The quantitative estimate of drug-likeness (QED) is 0.186. The fourth-order valence-electron chi connectivity index (χ4n) is 9.09. The normalized spacial score (nSPS) is 38.9. The molecule has 0 heterocycles. The van der Waals surface area contributed by atoms with E-state index in [2.05, 4.69) is 40.7 Å². The predicted molar refractivity (Wildman–Crippen MR) is 134 cm³/mol. The zero-order valence-corrected chi connectivity index (χ0v) is 23.1. The lowest BCUT2D eigenvalue weighted by Gasteiger charge is -2.58. The maximum absolute atomic E-state index is 13.4. The summed E-state index contributed by atoms with van der Waals surface area (Å²) in [5.41, 5.74) is 1.35. The Bertz CT molecular complexity index is 880. The highest BCUT2D eigenvalue weighted by atomic mass is 19.4. The summed E-state index contributed by atoms with van der Waals surface area (Å²) in [7, 11) is 0. The van der Waals surface area contributed by atoms with Gasteiger partial charge in [-0.2, -0.15) is 22.0 Å². The number of ether oxygens (including phenoxy) is 1. The highest BCUT2D eigenvalue weighted by Gasteiger charge is 2.65. The van der Waals surface area contributed by atoms with E-state index >= 15 is 0 Å².